The van der Waals surface area contributed by atoms with Gasteiger partial charge in [0, 0.05) is 25.7 Å². The maximum absolute atomic E-state index is 13.4. The summed E-state index contributed by atoms with van der Waals surface area (Å²) in [5.41, 5.74) is 0.654. The Morgan fingerprint density at radius 2 is 2.04 bits per heavy atom. The Labute approximate surface area is 154 Å². The molecule has 1 aromatic rings. The van der Waals surface area contributed by atoms with E-state index in [9.17, 15) is 17.9 Å². The maximum Gasteiger partial charge on any atom is 0.213 e. The van der Waals surface area contributed by atoms with E-state index in [4.69, 9.17) is 0 Å². The molecule has 146 valence electrons. The first kappa shape index (κ1) is 20.4. The molecule has 0 aromatic heterocycles. The van der Waals surface area contributed by atoms with Crippen LogP contribution in [0.1, 0.15) is 32.3 Å². The first-order chi connectivity index (χ1) is 12.4. The van der Waals surface area contributed by atoms with E-state index in [0.717, 1.165) is 0 Å². The standard InChI is InChI=1S/C17H27FN4O3S/c1-3-19-17(20-12-13-5-6-16(23)15(18)11-13)21-14-7-9-22(10-8-14)26(24,25)4-2/h5-6,11,14,23H,3-4,7-10,12H2,1-2H3,(H2,19,20,21). The molecule has 0 saturated carbocycles. The minimum Gasteiger partial charge on any atom is -0.505 e. The van der Waals surface area contributed by atoms with E-state index in [1.807, 2.05) is 6.92 Å². The first-order valence-electron chi connectivity index (χ1n) is 8.85. The lowest BCUT2D eigenvalue weighted by Gasteiger charge is -2.32. The number of nitrogens with one attached hydrogen (secondary N) is 2. The number of phenols is 1. The van der Waals surface area contributed by atoms with Gasteiger partial charge in [0.05, 0.1) is 12.3 Å². The van der Waals surface area contributed by atoms with Crippen molar-refractivity contribution in [3.63, 3.8) is 0 Å². The lowest BCUT2D eigenvalue weighted by molar-refractivity contribution is 0.306. The molecule has 1 aromatic carbocycles. The minimum atomic E-state index is -3.13. The number of sulfonamides is 1. The van der Waals surface area contributed by atoms with Crippen LogP contribution in [0.15, 0.2) is 23.2 Å². The van der Waals surface area contributed by atoms with Gasteiger partial charge in [0.1, 0.15) is 0 Å². The molecule has 1 heterocycles. The Morgan fingerprint density at radius 3 is 2.62 bits per heavy atom. The first-order valence-corrected chi connectivity index (χ1v) is 10.5. The second kappa shape index (κ2) is 9.18. The van der Waals surface area contributed by atoms with Crippen molar-refractivity contribution in [1.82, 2.24) is 14.9 Å². The highest BCUT2D eigenvalue weighted by Gasteiger charge is 2.26. The number of halogens is 1. The Kier molecular flexibility index (Phi) is 7.22. The predicted molar refractivity (Wildman–Crippen MR) is 100 cm³/mol. The third-order valence-electron chi connectivity index (χ3n) is 4.33. The predicted octanol–water partition coefficient (Wildman–Crippen LogP) is 1.40. The summed E-state index contributed by atoms with van der Waals surface area (Å²) in [5.74, 6) is -0.312. The monoisotopic (exact) mass is 386 g/mol. The number of aromatic hydroxyl groups is 1. The molecule has 1 saturated heterocycles. The average Bonchev–Trinajstić information content (AvgIpc) is 2.63. The number of phenolic OH excluding ortho intramolecular Hbond substituents is 1. The van der Waals surface area contributed by atoms with Crippen LogP contribution in [0.5, 0.6) is 5.75 Å². The van der Waals surface area contributed by atoms with E-state index in [-0.39, 0.29) is 24.1 Å². The number of guanidine groups is 1. The quantitative estimate of drug-likeness (QED) is 0.508. The third kappa shape index (κ3) is 5.57. The molecule has 3 N–H and O–H groups in total. The van der Waals surface area contributed by atoms with Crippen molar-refractivity contribution in [2.24, 2.45) is 4.99 Å². The Hall–Kier alpha value is -1.87. The minimum absolute atomic E-state index is 0.123. The number of nitrogens with zero attached hydrogens (tertiary/aromatic N) is 2. The van der Waals surface area contributed by atoms with Crippen LogP contribution in [0.4, 0.5) is 4.39 Å². The zero-order chi connectivity index (χ0) is 19.2. The lowest BCUT2D eigenvalue weighted by atomic mass is 10.1. The van der Waals surface area contributed by atoms with Crippen LogP contribution in [0.3, 0.4) is 0 Å². The third-order valence-corrected chi connectivity index (χ3v) is 6.21. The molecule has 7 nitrogen and oxygen atoms in total. The maximum atomic E-state index is 13.4. The molecule has 26 heavy (non-hydrogen) atoms. The molecule has 1 fully saturated rings. The average molecular weight is 386 g/mol. The summed E-state index contributed by atoms with van der Waals surface area (Å²) in [4.78, 5) is 4.45. The summed E-state index contributed by atoms with van der Waals surface area (Å²) in [6, 6.07) is 4.33. The lowest BCUT2D eigenvalue weighted by Crippen LogP contribution is -2.50. The molecule has 0 radical (unpaired) electrons. The summed E-state index contributed by atoms with van der Waals surface area (Å²) in [6.45, 7) is 5.55. The van der Waals surface area contributed by atoms with E-state index in [0.29, 0.717) is 44.0 Å². The SMILES string of the molecule is CCNC(=NCc1ccc(O)c(F)c1)NC1CCN(S(=O)(=O)CC)CC1. The van der Waals surface area contributed by atoms with Crippen LogP contribution in [0.25, 0.3) is 0 Å². The topological polar surface area (TPSA) is 94.0 Å². The summed E-state index contributed by atoms with van der Waals surface area (Å²) >= 11 is 0. The molecule has 0 aliphatic carbocycles. The van der Waals surface area contributed by atoms with Gasteiger partial charge in [0.15, 0.2) is 17.5 Å². The molecule has 0 bridgehead atoms. The molecule has 0 spiro atoms. The highest BCUT2D eigenvalue weighted by molar-refractivity contribution is 7.89. The van der Waals surface area contributed by atoms with Crippen LogP contribution in [-0.2, 0) is 16.6 Å². The summed E-state index contributed by atoms with van der Waals surface area (Å²) in [7, 11) is -3.13. The zero-order valence-electron chi connectivity index (χ0n) is 15.2. The number of piperidine rings is 1. The number of aliphatic imine (C=N–C) groups is 1. The van der Waals surface area contributed by atoms with Crippen molar-refractivity contribution in [2.45, 2.75) is 39.3 Å². The van der Waals surface area contributed by atoms with E-state index in [1.54, 1.807) is 13.0 Å². The van der Waals surface area contributed by atoms with E-state index in [1.165, 1.54) is 16.4 Å². The summed E-state index contributed by atoms with van der Waals surface area (Å²) in [5, 5.41) is 15.7. The van der Waals surface area contributed by atoms with Crippen molar-refractivity contribution in [3.05, 3.63) is 29.6 Å². The molecular weight excluding hydrogens is 359 g/mol. The van der Waals surface area contributed by atoms with Gasteiger partial charge in [-0.1, -0.05) is 6.07 Å². The summed E-state index contributed by atoms with van der Waals surface area (Å²) in [6.07, 6.45) is 1.41. The zero-order valence-corrected chi connectivity index (χ0v) is 16.0. The number of benzene rings is 1. The van der Waals surface area contributed by atoms with Gasteiger partial charge in [-0.15, -0.1) is 0 Å². The Morgan fingerprint density at radius 1 is 1.35 bits per heavy atom. The molecule has 0 unspecified atom stereocenters. The van der Waals surface area contributed by atoms with Crippen LogP contribution in [0.2, 0.25) is 0 Å². The van der Waals surface area contributed by atoms with Gasteiger partial charge in [-0.2, -0.15) is 0 Å². The van der Waals surface area contributed by atoms with Crippen molar-refractivity contribution in [2.75, 3.05) is 25.4 Å². The fourth-order valence-corrected chi connectivity index (χ4v) is 3.93. The second-order valence-electron chi connectivity index (χ2n) is 6.20. The fourth-order valence-electron chi connectivity index (χ4n) is 2.79. The van der Waals surface area contributed by atoms with Gasteiger partial charge in [0.2, 0.25) is 10.0 Å². The largest absolute Gasteiger partial charge is 0.505 e. The molecule has 0 amide bonds. The van der Waals surface area contributed by atoms with Gasteiger partial charge in [-0.3, -0.25) is 0 Å². The van der Waals surface area contributed by atoms with Crippen LogP contribution in [0, 0.1) is 5.82 Å². The van der Waals surface area contributed by atoms with Crippen molar-refractivity contribution in [1.29, 1.82) is 0 Å². The van der Waals surface area contributed by atoms with Gasteiger partial charge in [0.25, 0.3) is 0 Å². The van der Waals surface area contributed by atoms with Gasteiger partial charge >= 0.3 is 0 Å². The van der Waals surface area contributed by atoms with Gasteiger partial charge < -0.3 is 15.7 Å². The van der Waals surface area contributed by atoms with Crippen LogP contribution < -0.4 is 10.6 Å². The van der Waals surface area contributed by atoms with Crippen molar-refractivity contribution >= 4 is 16.0 Å². The smallest absolute Gasteiger partial charge is 0.213 e. The van der Waals surface area contributed by atoms with Gasteiger partial charge in [-0.25, -0.2) is 22.1 Å². The normalized spacial score (nSPS) is 17.3. The molecule has 9 heteroatoms. The number of rotatable bonds is 6. The number of hydrogen-bond acceptors (Lipinski definition) is 4. The Balaban J connectivity index is 1.94. The van der Waals surface area contributed by atoms with E-state index >= 15 is 0 Å². The highest BCUT2D eigenvalue weighted by Crippen LogP contribution is 2.17. The number of hydrogen-bond donors (Lipinski definition) is 3. The molecule has 1 aliphatic heterocycles. The van der Waals surface area contributed by atoms with Crippen molar-refractivity contribution < 1.29 is 17.9 Å². The molecule has 0 atom stereocenters. The van der Waals surface area contributed by atoms with Gasteiger partial charge in [-0.05, 0) is 44.4 Å². The highest BCUT2D eigenvalue weighted by atomic mass is 32.2. The fraction of sp³-hybridized carbons (Fsp3) is 0.588. The van der Waals surface area contributed by atoms with E-state index < -0.39 is 15.8 Å². The summed E-state index contributed by atoms with van der Waals surface area (Å²) < 4.78 is 38.8. The Bertz CT molecular complexity index is 732. The molecule has 1 aliphatic rings. The molecular formula is C17H27FN4O3S. The van der Waals surface area contributed by atoms with Crippen LogP contribution >= 0.6 is 0 Å². The van der Waals surface area contributed by atoms with E-state index in [2.05, 4.69) is 15.6 Å². The van der Waals surface area contributed by atoms with Crippen LogP contribution in [-0.4, -0.2) is 55.2 Å². The second-order valence-corrected chi connectivity index (χ2v) is 8.46. The molecule has 2 rings (SSSR count). The van der Waals surface area contributed by atoms with Crippen molar-refractivity contribution in [3.8, 4) is 5.75 Å².